The standard InChI is InChI=1S/C26H22FN3O2/c1-30-25(18-7-12-22(27)13-8-18)21(17-28-30)11-16-24(31)29-23-14-9-20(10-15-23)26(32)19-5-3-2-4-6-19/h2-17,26,32H,1H3,(H,29,31)/b16-11+. The quantitative estimate of drug-likeness (QED) is 0.428. The highest BCUT2D eigenvalue weighted by Gasteiger charge is 2.11. The van der Waals surface area contributed by atoms with Crippen LogP contribution in [0.2, 0.25) is 0 Å². The summed E-state index contributed by atoms with van der Waals surface area (Å²) in [6, 6.07) is 22.6. The normalized spacial score (nSPS) is 12.1. The molecular formula is C26H22FN3O2. The van der Waals surface area contributed by atoms with E-state index in [1.165, 1.54) is 18.2 Å². The van der Waals surface area contributed by atoms with Gasteiger partial charge in [-0.3, -0.25) is 9.48 Å². The lowest BCUT2D eigenvalue weighted by Crippen LogP contribution is -2.08. The number of aromatic nitrogens is 2. The van der Waals surface area contributed by atoms with E-state index >= 15 is 0 Å². The number of rotatable bonds is 6. The number of hydrogen-bond acceptors (Lipinski definition) is 3. The summed E-state index contributed by atoms with van der Waals surface area (Å²) in [6.45, 7) is 0. The highest BCUT2D eigenvalue weighted by atomic mass is 19.1. The smallest absolute Gasteiger partial charge is 0.248 e. The van der Waals surface area contributed by atoms with Crippen LogP contribution in [-0.4, -0.2) is 20.8 Å². The van der Waals surface area contributed by atoms with Crippen molar-refractivity contribution >= 4 is 17.7 Å². The number of nitrogens with one attached hydrogen (secondary N) is 1. The molecule has 0 spiro atoms. The van der Waals surface area contributed by atoms with Gasteiger partial charge >= 0.3 is 0 Å². The molecular weight excluding hydrogens is 405 g/mol. The Morgan fingerprint density at radius 3 is 2.34 bits per heavy atom. The first-order valence-corrected chi connectivity index (χ1v) is 10.1. The van der Waals surface area contributed by atoms with Crippen LogP contribution in [0.5, 0.6) is 0 Å². The van der Waals surface area contributed by atoms with E-state index in [0.29, 0.717) is 5.69 Å². The highest BCUT2D eigenvalue weighted by molar-refractivity contribution is 6.02. The SMILES string of the molecule is Cn1ncc(/C=C/C(=O)Nc2ccc(C(O)c3ccccc3)cc2)c1-c1ccc(F)cc1. The van der Waals surface area contributed by atoms with E-state index in [1.807, 2.05) is 30.3 Å². The molecule has 0 aliphatic heterocycles. The molecule has 5 nitrogen and oxygen atoms in total. The molecule has 1 amide bonds. The summed E-state index contributed by atoms with van der Waals surface area (Å²) in [4.78, 5) is 12.4. The van der Waals surface area contributed by atoms with Gasteiger partial charge in [0.2, 0.25) is 5.91 Å². The molecule has 1 heterocycles. The van der Waals surface area contributed by atoms with Crippen molar-refractivity contribution in [3.63, 3.8) is 0 Å². The summed E-state index contributed by atoms with van der Waals surface area (Å²) >= 11 is 0. The topological polar surface area (TPSA) is 67.2 Å². The van der Waals surface area contributed by atoms with Gasteiger partial charge in [0.15, 0.2) is 0 Å². The first-order chi connectivity index (χ1) is 15.5. The molecule has 1 atom stereocenters. The zero-order valence-electron chi connectivity index (χ0n) is 17.4. The minimum absolute atomic E-state index is 0.296. The average molecular weight is 427 g/mol. The zero-order chi connectivity index (χ0) is 22.5. The second-order valence-corrected chi connectivity index (χ2v) is 7.34. The fourth-order valence-corrected chi connectivity index (χ4v) is 3.46. The third kappa shape index (κ3) is 4.82. The van der Waals surface area contributed by atoms with Crippen LogP contribution in [0.15, 0.2) is 91.1 Å². The Bertz CT molecular complexity index is 1230. The summed E-state index contributed by atoms with van der Waals surface area (Å²) in [5, 5.41) is 17.5. The Hall–Kier alpha value is -4.03. The molecule has 0 bridgehead atoms. The van der Waals surface area contributed by atoms with Crippen LogP contribution in [0.3, 0.4) is 0 Å². The molecule has 32 heavy (non-hydrogen) atoms. The van der Waals surface area contributed by atoms with Gasteiger partial charge in [-0.05, 0) is 53.6 Å². The largest absolute Gasteiger partial charge is 0.384 e. The summed E-state index contributed by atoms with van der Waals surface area (Å²) in [5.74, 6) is -0.607. The van der Waals surface area contributed by atoms with Crippen LogP contribution in [0.1, 0.15) is 22.8 Å². The molecule has 160 valence electrons. The van der Waals surface area contributed by atoms with Crippen molar-refractivity contribution < 1.29 is 14.3 Å². The van der Waals surface area contributed by atoms with Crippen molar-refractivity contribution in [1.82, 2.24) is 9.78 Å². The maximum atomic E-state index is 13.2. The Kier molecular flexibility index (Phi) is 6.24. The van der Waals surface area contributed by atoms with Gasteiger partial charge in [0, 0.05) is 29.9 Å². The third-order valence-electron chi connectivity index (χ3n) is 5.11. The van der Waals surface area contributed by atoms with Crippen molar-refractivity contribution in [2.24, 2.45) is 7.05 Å². The monoisotopic (exact) mass is 427 g/mol. The van der Waals surface area contributed by atoms with Gasteiger partial charge in [0.1, 0.15) is 11.9 Å². The van der Waals surface area contributed by atoms with Crippen molar-refractivity contribution in [1.29, 1.82) is 0 Å². The van der Waals surface area contributed by atoms with Crippen LogP contribution in [0, 0.1) is 5.82 Å². The number of aryl methyl sites for hydroxylation is 1. The second-order valence-electron chi connectivity index (χ2n) is 7.34. The lowest BCUT2D eigenvalue weighted by Gasteiger charge is -2.12. The lowest BCUT2D eigenvalue weighted by atomic mass is 10.0. The first kappa shape index (κ1) is 21.2. The van der Waals surface area contributed by atoms with Gasteiger partial charge in [0.25, 0.3) is 0 Å². The molecule has 1 unspecified atom stereocenters. The number of carbonyl (C=O) groups is 1. The predicted octanol–water partition coefficient (Wildman–Crippen LogP) is 4.96. The van der Waals surface area contributed by atoms with Gasteiger partial charge < -0.3 is 10.4 Å². The van der Waals surface area contributed by atoms with E-state index in [1.54, 1.807) is 60.4 Å². The molecule has 0 radical (unpaired) electrons. The molecule has 4 aromatic rings. The lowest BCUT2D eigenvalue weighted by molar-refractivity contribution is -0.111. The number of aliphatic hydroxyl groups is 1. The number of amides is 1. The summed E-state index contributed by atoms with van der Waals surface area (Å²) < 4.78 is 14.9. The molecule has 0 fully saturated rings. The summed E-state index contributed by atoms with van der Waals surface area (Å²) in [6.07, 6.45) is 4.03. The highest BCUT2D eigenvalue weighted by Crippen LogP contribution is 2.25. The summed E-state index contributed by atoms with van der Waals surface area (Å²) in [7, 11) is 1.79. The van der Waals surface area contributed by atoms with Crippen molar-refractivity contribution in [2.45, 2.75) is 6.10 Å². The average Bonchev–Trinajstić information content (AvgIpc) is 3.19. The van der Waals surface area contributed by atoms with Gasteiger partial charge in [0.05, 0.1) is 11.9 Å². The van der Waals surface area contributed by atoms with Crippen LogP contribution < -0.4 is 5.32 Å². The predicted molar refractivity (Wildman–Crippen MR) is 123 cm³/mol. The number of nitrogens with zero attached hydrogens (tertiary/aromatic N) is 2. The van der Waals surface area contributed by atoms with E-state index in [2.05, 4.69) is 10.4 Å². The molecule has 6 heteroatoms. The van der Waals surface area contributed by atoms with Crippen molar-refractivity contribution in [3.05, 3.63) is 114 Å². The molecule has 0 aliphatic rings. The van der Waals surface area contributed by atoms with Crippen LogP contribution in [0.4, 0.5) is 10.1 Å². The Balaban J connectivity index is 1.44. The zero-order valence-corrected chi connectivity index (χ0v) is 17.4. The number of benzene rings is 3. The van der Waals surface area contributed by atoms with E-state index < -0.39 is 6.10 Å². The molecule has 0 saturated carbocycles. The van der Waals surface area contributed by atoms with Crippen molar-refractivity contribution in [3.8, 4) is 11.3 Å². The number of anilines is 1. The number of aliphatic hydroxyl groups excluding tert-OH is 1. The van der Waals surface area contributed by atoms with Crippen LogP contribution in [-0.2, 0) is 11.8 Å². The molecule has 0 aliphatic carbocycles. The Morgan fingerprint density at radius 2 is 1.66 bits per heavy atom. The van der Waals surface area contributed by atoms with E-state index in [9.17, 15) is 14.3 Å². The van der Waals surface area contributed by atoms with Gasteiger partial charge in [-0.2, -0.15) is 5.10 Å². The minimum atomic E-state index is -0.726. The molecule has 2 N–H and O–H groups in total. The Labute approximate surface area is 185 Å². The molecule has 0 saturated heterocycles. The Morgan fingerprint density at radius 1 is 1.00 bits per heavy atom. The minimum Gasteiger partial charge on any atom is -0.384 e. The van der Waals surface area contributed by atoms with Crippen LogP contribution >= 0.6 is 0 Å². The second kappa shape index (κ2) is 9.41. The van der Waals surface area contributed by atoms with E-state index in [0.717, 1.165) is 27.9 Å². The first-order valence-electron chi connectivity index (χ1n) is 10.1. The van der Waals surface area contributed by atoms with Gasteiger partial charge in [-0.1, -0.05) is 42.5 Å². The molecule has 4 rings (SSSR count). The maximum absolute atomic E-state index is 13.2. The molecule has 3 aromatic carbocycles. The molecule has 1 aromatic heterocycles. The fourth-order valence-electron chi connectivity index (χ4n) is 3.46. The van der Waals surface area contributed by atoms with Crippen molar-refractivity contribution in [2.75, 3.05) is 5.32 Å². The number of halogens is 1. The van der Waals surface area contributed by atoms with Gasteiger partial charge in [-0.15, -0.1) is 0 Å². The fraction of sp³-hybridized carbons (Fsp3) is 0.0769. The maximum Gasteiger partial charge on any atom is 0.248 e. The van der Waals surface area contributed by atoms with E-state index in [4.69, 9.17) is 0 Å². The summed E-state index contributed by atoms with van der Waals surface area (Å²) in [5.41, 5.74) is 4.50. The van der Waals surface area contributed by atoms with Gasteiger partial charge in [-0.25, -0.2) is 4.39 Å². The van der Waals surface area contributed by atoms with Crippen LogP contribution in [0.25, 0.3) is 17.3 Å². The third-order valence-corrected chi connectivity index (χ3v) is 5.11. The number of hydrogen-bond donors (Lipinski definition) is 2. The number of carbonyl (C=O) groups excluding carboxylic acids is 1. The van der Waals surface area contributed by atoms with E-state index in [-0.39, 0.29) is 11.7 Å².